The monoisotopic (exact) mass is 331 g/mol. The minimum atomic E-state index is -1.08. The summed E-state index contributed by atoms with van der Waals surface area (Å²) in [7, 11) is 0. The van der Waals surface area contributed by atoms with Crippen molar-refractivity contribution >= 4 is 22.8 Å². The maximum Gasteiger partial charge on any atom is 0.329 e. The fourth-order valence-corrected chi connectivity index (χ4v) is 3.17. The van der Waals surface area contributed by atoms with Gasteiger partial charge < -0.3 is 15.0 Å². The molecule has 1 amide bonds. The van der Waals surface area contributed by atoms with E-state index in [1.165, 1.54) is 11.8 Å². The third-order valence-corrected chi connectivity index (χ3v) is 4.40. The maximum atomic E-state index is 12.7. The van der Waals surface area contributed by atoms with Gasteiger partial charge in [-0.05, 0) is 31.9 Å². The summed E-state index contributed by atoms with van der Waals surface area (Å²) >= 11 is 0. The summed E-state index contributed by atoms with van der Waals surface area (Å²) in [5.74, 6) is -1.62. The Morgan fingerprint density at radius 3 is 2.71 bits per heavy atom. The average molecular weight is 331 g/mol. The quantitative estimate of drug-likeness (QED) is 0.841. The summed E-state index contributed by atoms with van der Waals surface area (Å²) in [5, 5.41) is 9.50. The zero-order valence-electron chi connectivity index (χ0n) is 13.1. The zero-order valence-corrected chi connectivity index (χ0v) is 13.1. The molecule has 1 saturated heterocycles. The molecule has 0 unspecified atom stereocenters. The van der Waals surface area contributed by atoms with E-state index in [1.54, 1.807) is 24.3 Å². The van der Waals surface area contributed by atoms with E-state index in [2.05, 4.69) is 4.98 Å². The van der Waals surface area contributed by atoms with E-state index in [9.17, 15) is 24.3 Å². The Morgan fingerprint density at radius 2 is 2.00 bits per heavy atom. The highest BCUT2D eigenvalue weighted by Crippen LogP contribution is 2.21. The summed E-state index contributed by atoms with van der Waals surface area (Å²) in [4.78, 5) is 52.5. The molecular formula is C16H17N3O5. The van der Waals surface area contributed by atoms with Crippen LogP contribution in [0.5, 0.6) is 0 Å². The molecule has 2 N–H and O–H groups in total. The number of fused-ring (bicyclic) bond motifs is 1. The predicted molar refractivity (Wildman–Crippen MR) is 85.9 cm³/mol. The van der Waals surface area contributed by atoms with Crippen molar-refractivity contribution in [3.63, 3.8) is 0 Å². The van der Waals surface area contributed by atoms with Crippen LogP contribution >= 0.6 is 0 Å². The number of amides is 1. The minimum Gasteiger partial charge on any atom is -0.480 e. The van der Waals surface area contributed by atoms with E-state index in [-0.39, 0.29) is 0 Å². The number of carboxylic acid groups (broad SMARTS) is 1. The molecule has 24 heavy (non-hydrogen) atoms. The van der Waals surface area contributed by atoms with E-state index in [1.807, 2.05) is 0 Å². The summed E-state index contributed by atoms with van der Waals surface area (Å²) in [6.45, 7) is 1.74. The molecule has 2 atom stereocenters. The lowest BCUT2D eigenvalue weighted by molar-refractivity contribution is -0.149. The normalized spacial score (nSPS) is 18.7. The second-order valence-electron chi connectivity index (χ2n) is 5.85. The van der Waals surface area contributed by atoms with Gasteiger partial charge in [-0.15, -0.1) is 0 Å². The fraction of sp³-hybridized carbons (Fsp3) is 0.375. The number of benzene rings is 1. The molecule has 0 saturated carbocycles. The molecule has 1 aliphatic heterocycles. The number of carboxylic acids is 1. The summed E-state index contributed by atoms with van der Waals surface area (Å²) < 4.78 is 0.849. The smallest absolute Gasteiger partial charge is 0.329 e. The molecule has 126 valence electrons. The molecule has 0 aliphatic carbocycles. The van der Waals surface area contributed by atoms with Crippen molar-refractivity contribution in [3.05, 3.63) is 45.1 Å². The van der Waals surface area contributed by atoms with E-state index in [0.29, 0.717) is 30.3 Å². The number of likely N-dealkylation sites (tertiary alicyclic amines) is 1. The van der Waals surface area contributed by atoms with Gasteiger partial charge in [0, 0.05) is 6.54 Å². The van der Waals surface area contributed by atoms with Gasteiger partial charge in [-0.2, -0.15) is 0 Å². The Balaban J connectivity index is 2.04. The number of aliphatic carboxylic acids is 1. The Morgan fingerprint density at radius 1 is 1.29 bits per heavy atom. The number of aromatic nitrogens is 2. The highest BCUT2D eigenvalue weighted by molar-refractivity contribution is 5.86. The van der Waals surface area contributed by atoms with Crippen molar-refractivity contribution in [1.82, 2.24) is 14.5 Å². The summed E-state index contributed by atoms with van der Waals surface area (Å²) in [6.07, 6.45) is 0.954. The molecule has 8 nitrogen and oxygen atoms in total. The van der Waals surface area contributed by atoms with Crippen molar-refractivity contribution in [2.45, 2.75) is 31.8 Å². The lowest BCUT2D eigenvalue weighted by Gasteiger charge is -2.25. The van der Waals surface area contributed by atoms with Crippen molar-refractivity contribution in [1.29, 1.82) is 0 Å². The molecule has 2 aromatic rings. The highest BCUT2D eigenvalue weighted by Gasteiger charge is 2.37. The molecule has 1 fully saturated rings. The first-order valence-electron chi connectivity index (χ1n) is 7.68. The Labute approximate surface area is 136 Å². The topological polar surface area (TPSA) is 112 Å². The number of H-pyrrole nitrogens is 1. The molecule has 8 heteroatoms. The van der Waals surface area contributed by atoms with Gasteiger partial charge in [0.1, 0.15) is 12.1 Å². The summed E-state index contributed by atoms with van der Waals surface area (Å²) in [5.41, 5.74) is -0.861. The van der Waals surface area contributed by atoms with Crippen molar-refractivity contribution in [2.24, 2.45) is 0 Å². The molecule has 1 aromatic heterocycles. The molecule has 1 aliphatic rings. The highest BCUT2D eigenvalue weighted by atomic mass is 16.4. The molecule has 3 rings (SSSR count). The standard InChI is InChI=1S/C16H17N3O5/c1-9(13(20)18-8-4-7-12(18)15(22)23)19-14(21)10-5-2-3-6-11(10)17-16(19)24/h2-3,5-6,9,12H,4,7-8H2,1H3,(H,17,24)(H,22,23)/t9-,12+/m0/s1. The van der Waals surface area contributed by atoms with Crippen LogP contribution < -0.4 is 11.2 Å². The van der Waals surface area contributed by atoms with Gasteiger partial charge in [0.2, 0.25) is 5.91 Å². The van der Waals surface area contributed by atoms with Crippen molar-refractivity contribution in [2.75, 3.05) is 6.54 Å². The van der Waals surface area contributed by atoms with Gasteiger partial charge in [-0.25, -0.2) is 14.2 Å². The van der Waals surface area contributed by atoms with Crippen LogP contribution in [0.15, 0.2) is 33.9 Å². The maximum absolute atomic E-state index is 12.7. The number of carbonyl (C=O) groups excluding carboxylic acids is 1. The van der Waals surface area contributed by atoms with Gasteiger partial charge in [0.05, 0.1) is 10.9 Å². The Bertz CT molecular complexity index is 929. The fourth-order valence-electron chi connectivity index (χ4n) is 3.17. The number of aromatic amines is 1. The number of nitrogens with zero attached hydrogens (tertiary/aromatic N) is 2. The first-order chi connectivity index (χ1) is 11.4. The van der Waals surface area contributed by atoms with E-state index in [4.69, 9.17) is 0 Å². The van der Waals surface area contributed by atoms with E-state index in [0.717, 1.165) is 4.57 Å². The molecule has 0 bridgehead atoms. The lowest BCUT2D eigenvalue weighted by atomic mass is 10.2. The Hall–Kier alpha value is -2.90. The second kappa shape index (κ2) is 5.95. The summed E-state index contributed by atoms with van der Waals surface area (Å²) in [6, 6.07) is 4.55. The number of carbonyl (C=O) groups is 2. The SMILES string of the molecule is C[C@@H](C(=O)N1CCC[C@@H]1C(=O)O)n1c(=O)[nH]c2ccccc2c1=O. The molecule has 0 radical (unpaired) electrons. The second-order valence-corrected chi connectivity index (χ2v) is 5.85. The van der Waals surface area contributed by atoms with Gasteiger partial charge in [0.25, 0.3) is 5.56 Å². The van der Waals surface area contributed by atoms with Crippen LogP contribution in [0, 0.1) is 0 Å². The number of para-hydroxylation sites is 1. The van der Waals surface area contributed by atoms with Gasteiger partial charge in [0.15, 0.2) is 0 Å². The number of rotatable bonds is 3. The van der Waals surface area contributed by atoms with Crippen LogP contribution in [-0.4, -0.2) is 44.0 Å². The molecule has 0 spiro atoms. The van der Waals surface area contributed by atoms with Crippen molar-refractivity contribution in [3.8, 4) is 0 Å². The molecule has 2 heterocycles. The van der Waals surface area contributed by atoms with Crippen LogP contribution in [0.2, 0.25) is 0 Å². The predicted octanol–water partition coefficient (Wildman–Crippen LogP) is 0.326. The number of hydrogen-bond acceptors (Lipinski definition) is 4. The van der Waals surface area contributed by atoms with Gasteiger partial charge in [-0.3, -0.25) is 9.59 Å². The number of hydrogen-bond donors (Lipinski definition) is 2. The number of nitrogens with one attached hydrogen (secondary N) is 1. The van der Waals surface area contributed by atoms with Crippen molar-refractivity contribution < 1.29 is 14.7 Å². The average Bonchev–Trinajstić information content (AvgIpc) is 3.03. The molecular weight excluding hydrogens is 314 g/mol. The van der Waals surface area contributed by atoms with Crippen LogP contribution in [-0.2, 0) is 9.59 Å². The first-order valence-corrected chi connectivity index (χ1v) is 7.68. The lowest BCUT2D eigenvalue weighted by Crippen LogP contribution is -2.48. The van der Waals surface area contributed by atoms with Crippen LogP contribution in [0.1, 0.15) is 25.8 Å². The first kappa shape index (κ1) is 16.0. The third-order valence-electron chi connectivity index (χ3n) is 4.40. The van der Waals surface area contributed by atoms with Crippen LogP contribution in [0.25, 0.3) is 10.9 Å². The minimum absolute atomic E-state index is 0.299. The van der Waals surface area contributed by atoms with E-state index >= 15 is 0 Å². The van der Waals surface area contributed by atoms with Crippen LogP contribution in [0.4, 0.5) is 0 Å². The molecule has 1 aromatic carbocycles. The van der Waals surface area contributed by atoms with E-state index < -0.39 is 35.2 Å². The largest absolute Gasteiger partial charge is 0.480 e. The Kier molecular flexibility index (Phi) is 3.96. The zero-order chi connectivity index (χ0) is 17.4. The van der Waals surface area contributed by atoms with Gasteiger partial charge in [-0.1, -0.05) is 12.1 Å². The van der Waals surface area contributed by atoms with Crippen LogP contribution in [0.3, 0.4) is 0 Å². The van der Waals surface area contributed by atoms with Gasteiger partial charge >= 0.3 is 11.7 Å². The third kappa shape index (κ3) is 2.49.